The Balaban J connectivity index is 1.90. The Kier molecular flexibility index (Phi) is 4.96. The molecule has 1 saturated carbocycles. The summed E-state index contributed by atoms with van der Waals surface area (Å²) in [6.45, 7) is 0.916. The molecule has 2 rings (SSSR count). The van der Waals surface area contributed by atoms with Gasteiger partial charge in [0.25, 0.3) is 0 Å². The smallest absolute Gasteiger partial charge is 0.307 e. The van der Waals surface area contributed by atoms with Crippen molar-refractivity contribution in [3.8, 4) is 0 Å². The van der Waals surface area contributed by atoms with Crippen LogP contribution in [0, 0.1) is 5.41 Å². The Morgan fingerprint density at radius 3 is 2.43 bits per heavy atom. The second-order valence-electron chi connectivity index (χ2n) is 5.85. The Bertz CT molecular complexity index is 518. The molecule has 5 nitrogen and oxygen atoms in total. The van der Waals surface area contributed by atoms with Crippen molar-refractivity contribution in [1.29, 1.82) is 0 Å². The topological polar surface area (TPSA) is 92.4 Å². The molecule has 0 unspecified atom stereocenters. The van der Waals surface area contributed by atoms with Crippen LogP contribution in [0.1, 0.15) is 36.8 Å². The van der Waals surface area contributed by atoms with E-state index in [1.165, 1.54) is 0 Å². The second-order valence-corrected chi connectivity index (χ2v) is 5.85. The summed E-state index contributed by atoms with van der Waals surface area (Å²) in [5.74, 6) is -0.879. The van der Waals surface area contributed by atoms with E-state index in [1.807, 2.05) is 12.1 Å². The van der Waals surface area contributed by atoms with Gasteiger partial charge in [-0.2, -0.15) is 0 Å². The first kappa shape index (κ1) is 15.5. The van der Waals surface area contributed by atoms with E-state index in [4.69, 9.17) is 10.8 Å². The molecule has 0 bridgehead atoms. The van der Waals surface area contributed by atoms with Crippen LogP contribution in [0.2, 0.25) is 0 Å². The Morgan fingerprint density at radius 2 is 1.90 bits per heavy atom. The molecule has 0 radical (unpaired) electrons. The first-order valence-corrected chi connectivity index (χ1v) is 7.30. The predicted molar refractivity (Wildman–Crippen MR) is 79.6 cm³/mol. The van der Waals surface area contributed by atoms with Crippen LogP contribution in [-0.2, 0) is 22.6 Å². The van der Waals surface area contributed by atoms with Crippen LogP contribution in [-0.4, -0.2) is 23.5 Å². The summed E-state index contributed by atoms with van der Waals surface area (Å²) in [7, 11) is 0. The molecule has 1 aliphatic rings. The van der Waals surface area contributed by atoms with Gasteiger partial charge in [0.2, 0.25) is 5.91 Å². The van der Waals surface area contributed by atoms with E-state index in [1.54, 1.807) is 12.1 Å². The lowest BCUT2D eigenvalue weighted by atomic mass is 9.66. The standard InChI is InChI=1S/C16H22N2O3/c17-11-16(6-3-7-16)9-14(19)18-10-13-5-2-1-4-12(13)8-15(20)21/h1-2,4-5H,3,6-11,17H2,(H,18,19)(H,20,21). The molecule has 1 aromatic rings. The molecule has 0 spiro atoms. The van der Waals surface area contributed by atoms with Gasteiger partial charge in [-0.15, -0.1) is 0 Å². The van der Waals surface area contributed by atoms with Crippen molar-refractivity contribution in [2.24, 2.45) is 11.1 Å². The number of carbonyl (C=O) groups excluding carboxylic acids is 1. The van der Waals surface area contributed by atoms with Gasteiger partial charge in [0.15, 0.2) is 0 Å². The van der Waals surface area contributed by atoms with Crippen molar-refractivity contribution < 1.29 is 14.7 Å². The van der Waals surface area contributed by atoms with E-state index in [9.17, 15) is 9.59 Å². The minimum absolute atomic E-state index is 0.00900. The van der Waals surface area contributed by atoms with Crippen LogP contribution in [0.15, 0.2) is 24.3 Å². The van der Waals surface area contributed by atoms with Crippen molar-refractivity contribution in [3.05, 3.63) is 35.4 Å². The number of aliphatic carboxylic acids is 1. The zero-order valence-corrected chi connectivity index (χ0v) is 12.1. The minimum Gasteiger partial charge on any atom is -0.481 e. The van der Waals surface area contributed by atoms with Crippen molar-refractivity contribution in [1.82, 2.24) is 5.32 Å². The van der Waals surface area contributed by atoms with E-state index in [0.717, 1.165) is 30.4 Å². The summed E-state index contributed by atoms with van der Waals surface area (Å²) >= 11 is 0. The largest absolute Gasteiger partial charge is 0.481 e. The summed E-state index contributed by atoms with van der Waals surface area (Å²) in [4.78, 5) is 22.9. The molecule has 0 atom stereocenters. The van der Waals surface area contributed by atoms with E-state index in [2.05, 4.69) is 5.32 Å². The predicted octanol–water partition coefficient (Wildman–Crippen LogP) is 1.45. The lowest BCUT2D eigenvalue weighted by molar-refractivity contribution is -0.136. The molecule has 1 fully saturated rings. The molecule has 0 saturated heterocycles. The van der Waals surface area contributed by atoms with Crippen LogP contribution in [0.3, 0.4) is 0 Å². The maximum Gasteiger partial charge on any atom is 0.307 e. The second kappa shape index (κ2) is 6.72. The quantitative estimate of drug-likeness (QED) is 0.708. The fourth-order valence-corrected chi connectivity index (χ4v) is 2.79. The van der Waals surface area contributed by atoms with E-state index in [-0.39, 0.29) is 17.7 Å². The molecule has 21 heavy (non-hydrogen) atoms. The normalized spacial score (nSPS) is 16.0. The number of carboxylic acid groups (broad SMARTS) is 1. The molecule has 0 aliphatic heterocycles. The van der Waals surface area contributed by atoms with Gasteiger partial charge >= 0.3 is 5.97 Å². The fourth-order valence-electron chi connectivity index (χ4n) is 2.79. The monoisotopic (exact) mass is 290 g/mol. The van der Waals surface area contributed by atoms with Gasteiger partial charge in [0.05, 0.1) is 6.42 Å². The van der Waals surface area contributed by atoms with Crippen LogP contribution in [0.4, 0.5) is 0 Å². The molecular weight excluding hydrogens is 268 g/mol. The average Bonchev–Trinajstić information content (AvgIpc) is 2.41. The molecule has 5 heteroatoms. The number of carbonyl (C=O) groups is 2. The molecule has 1 amide bonds. The molecule has 114 valence electrons. The third kappa shape index (κ3) is 4.04. The number of nitrogens with two attached hydrogens (primary N) is 1. The number of rotatable bonds is 7. The van der Waals surface area contributed by atoms with E-state index >= 15 is 0 Å². The number of hydrogen-bond donors (Lipinski definition) is 3. The highest BCUT2D eigenvalue weighted by Crippen LogP contribution is 2.42. The molecule has 0 aromatic heterocycles. The molecule has 1 aliphatic carbocycles. The van der Waals surface area contributed by atoms with Gasteiger partial charge in [-0.1, -0.05) is 30.7 Å². The highest BCUT2D eigenvalue weighted by atomic mass is 16.4. The number of nitrogens with one attached hydrogen (secondary N) is 1. The summed E-state index contributed by atoms with van der Waals surface area (Å²) < 4.78 is 0. The summed E-state index contributed by atoms with van der Waals surface area (Å²) in [5.41, 5.74) is 7.34. The summed E-state index contributed by atoms with van der Waals surface area (Å²) in [6.07, 6.45) is 3.62. The highest BCUT2D eigenvalue weighted by molar-refractivity contribution is 5.77. The zero-order chi connectivity index (χ0) is 15.3. The number of amides is 1. The van der Waals surface area contributed by atoms with Crippen LogP contribution < -0.4 is 11.1 Å². The average molecular weight is 290 g/mol. The lowest BCUT2D eigenvalue weighted by Gasteiger charge is -2.40. The van der Waals surface area contributed by atoms with Crippen molar-refractivity contribution in [2.75, 3.05) is 6.54 Å². The van der Waals surface area contributed by atoms with Crippen LogP contribution in [0.25, 0.3) is 0 Å². The van der Waals surface area contributed by atoms with Crippen molar-refractivity contribution in [2.45, 2.75) is 38.6 Å². The Hall–Kier alpha value is -1.88. The third-order valence-corrected chi connectivity index (χ3v) is 4.32. The lowest BCUT2D eigenvalue weighted by Crippen LogP contribution is -2.41. The van der Waals surface area contributed by atoms with Gasteiger partial charge in [-0.05, 0) is 35.9 Å². The molecular formula is C16H22N2O3. The number of carboxylic acids is 1. The van der Waals surface area contributed by atoms with Gasteiger partial charge in [-0.3, -0.25) is 9.59 Å². The van der Waals surface area contributed by atoms with Crippen LogP contribution in [0.5, 0.6) is 0 Å². The molecule has 0 heterocycles. The number of hydrogen-bond acceptors (Lipinski definition) is 3. The van der Waals surface area contributed by atoms with E-state index in [0.29, 0.717) is 19.5 Å². The van der Waals surface area contributed by atoms with Gasteiger partial charge in [0.1, 0.15) is 0 Å². The zero-order valence-electron chi connectivity index (χ0n) is 12.1. The first-order valence-electron chi connectivity index (χ1n) is 7.30. The highest BCUT2D eigenvalue weighted by Gasteiger charge is 2.37. The van der Waals surface area contributed by atoms with Gasteiger partial charge in [0, 0.05) is 13.0 Å². The maximum absolute atomic E-state index is 12.0. The van der Waals surface area contributed by atoms with Crippen molar-refractivity contribution in [3.63, 3.8) is 0 Å². The van der Waals surface area contributed by atoms with Crippen LogP contribution >= 0.6 is 0 Å². The third-order valence-electron chi connectivity index (χ3n) is 4.32. The minimum atomic E-state index is -0.870. The Morgan fingerprint density at radius 1 is 1.24 bits per heavy atom. The fraction of sp³-hybridized carbons (Fsp3) is 0.500. The Labute approximate surface area is 124 Å². The van der Waals surface area contributed by atoms with Gasteiger partial charge in [-0.25, -0.2) is 0 Å². The van der Waals surface area contributed by atoms with E-state index < -0.39 is 5.97 Å². The summed E-state index contributed by atoms with van der Waals surface area (Å²) in [5, 5.41) is 11.8. The molecule has 1 aromatic carbocycles. The first-order chi connectivity index (χ1) is 10.0. The SMILES string of the molecule is NCC1(CC(=O)NCc2ccccc2CC(=O)O)CCC1. The number of benzene rings is 1. The maximum atomic E-state index is 12.0. The summed E-state index contributed by atoms with van der Waals surface area (Å²) in [6, 6.07) is 7.28. The molecule has 4 N–H and O–H groups in total. The van der Waals surface area contributed by atoms with Gasteiger partial charge < -0.3 is 16.2 Å². The van der Waals surface area contributed by atoms with Crippen molar-refractivity contribution >= 4 is 11.9 Å².